The van der Waals surface area contributed by atoms with Crippen molar-refractivity contribution in [3.05, 3.63) is 89.5 Å². The number of aromatic carboxylic acids is 1. The number of benzene rings is 2. The van der Waals surface area contributed by atoms with Gasteiger partial charge in [-0.25, -0.2) is 4.79 Å². The molecule has 0 saturated heterocycles. The molecule has 3 rings (SSSR count). The maximum Gasteiger partial charge on any atom is 0.339 e. The Morgan fingerprint density at radius 3 is 2.52 bits per heavy atom. The Balaban J connectivity index is 1.80. The fraction of sp³-hybridized carbons (Fsp3) is 0.227. The quantitative estimate of drug-likeness (QED) is 0.800. The number of para-hydroxylation sites is 1. The van der Waals surface area contributed by atoms with Crippen molar-refractivity contribution in [2.75, 3.05) is 0 Å². The molecule has 0 heterocycles. The summed E-state index contributed by atoms with van der Waals surface area (Å²) < 4.78 is 0. The molecule has 0 aliphatic heterocycles. The molecule has 0 aromatic heterocycles. The maximum absolute atomic E-state index is 11.2. The molecule has 3 nitrogen and oxygen atoms in total. The van der Waals surface area contributed by atoms with Crippen molar-refractivity contribution in [1.82, 2.24) is 0 Å². The van der Waals surface area contributed by atoms with Gasteiger partial charge in [0.1, 0.15) is 11.3 Å². The number of carboxylic acids is 1. The minimum absolute atomic E-state index is 0.0121. The van der Waals surface area contributed by atoms with E-state index in [1.165, 1.54) is 11.6 Å². The van der Waals surface area contributed by atoms with Crippen LogP contribution in [-0.4, -0.2) is 16.2 Å². The summed E-state index contributed by atoms with van der Waals surface area (Å²) in [5.74, 6) is -1.21. The largest absolute Gasteiger partial charge is 0.507 e. The molecule has 1 atom stereocenters. The highest BCUT2D eigenvalue weighted by atomic mass is 16.4. The van der Waals surface area contributed by atoms with E-state index in [0.29, 0.717) is 12.0 Å². The molecular formula is C22H22O3. The molecule has 2 aromatic rings. The molecule has 0 fully saturated rings. The van der Waals surface area contributed by atoms with Crippen LogP contribution in [0.1, 0.15) is 34.3 Å². The van der Waals surface area contributed by atoms with Crippen LogP contribution >= 0.6 is 0 Å². The van der Waals surface area contributed by atoms with Gasteiger partial charge in [0.25, 0.3) is 0 Å². The van der Waals surface area contributed by atoms with Crippen LogP contribution in [0.3, 0.4) is 0 Å². The molecule has 0 spiro atoms. The number of rotatable bonds is 6. The van der Waals surface area contributed by atoms with Crippen molar-refractivity contribution >= 4 is 5.97 Å². The molecule has 2 aromatic carbocycles. The SMILES string of the molecule is O=C(O)c1cccc(CCC2(Cc3ccccc3)C=CC=CC2)c1O. The molecule has 0 bridgehead atoms. The van der Waals surface area contributed by atoms with E-state index in [2.05, 4.69) is 36.4 Å². The molecule has 1 aliphatic carbocycles. The summed E-state index contributed by atoms with van der Waals surface area (Å²) in [7, 11) is 0. The molecule has 25 heavy (non-hydrogen) atoms. The van der Waals surface area contributed by atoms with Gasteiger partial charge in [0.15, 0.2) is 0 Å². The van der Waals surface area contributed by atoms with Crippen LogP contribution in [0.15, 0.2) is 72.8 Å². The minimum Gasteiger partial charge on any atom is -0.507 e. The van der Waals surface area contributed by atoms with Gasteiger partial charge in [0, 0.05) is 0 Å². The fourth-order valence-electron chi connectivity index (χ4n) is 3.47. The van der Waals surface area contributed by atoms with E-state index >= 15 is 0 Å². The Morgan fingerprint density at radius 2 is 1.84 bits per heavy atom. The van der Waals surface area contributed by atoms with Gasteiger partial charge in [-0.1, -0.05) is 66.8 Å². The molecule has 0 amide bonds. The first-order valence-corrected chi connectivity index (χ1v) is 8.52. The third-order valence-corrected chi connectivity index (χ3v) is 4.86. The smallest absolute Gasteiger partial charge is 0.339 e. The number of hydrogen-bond acceptors (Lipinski definition) is 2. The Morgan fingerprint density at radius 1 is 1.04 bits per heavy atom. The van der Waals surface area contributed by atoms with Crippen LogP contribution < -0.4 is 0 Å². The van der Waals surface area contributed by atoms with Crippen molar-refractivity contribution < 1.29 is 15.0 Å². The monoisotopic (exact) mass is 334 g/mol. The van der Waals surface area contributed by atoms with Gasteiger partial charge in [-0.05, 0) is 48.3 Å². The van der Waals surface area contributed by atoms with E-state index < -0.39 is 5.97 Å². The molecule has 1 aliphatic rings. The number of aromatic hydroxyl groups is 1. The van der Waals surface area contributed by atoms with Crippen molar-refractivity contribution in [2.45, 2.75) is 25.7 Å². The Kier molecular flexibility index (Phi) is 5.03. The van der Waals surface area contributed by atoms with E-state index in [4.69, 9.17) is 0 Å². The summed E-state index contributed by atoms with van der Waals surface area (Å²) in [5.41, 5.74) is 1.93. The second-order valence-electron chi connectivity index (χ2n) is 6.63. The number of allylic oxidation sites excluding steroid dienone is 4. The topological polar surface area (TPSA) is 57.5 Å². The highest BCUT2D eigenvalue weighted by Gasteiger charge is 2.28. The average Bonchev–Trinajstić information content (AvgIpc) is 2.62. The molecule has 0 radical (unpaired) electrons. The summed E-state index contributed by atoms with van der Waals surface area (Å²) in [6.45, 7) is 0. The Labute approximate surface area is 148 Å². The zero-order chi connectivity index (χ0) is 17.7. The maximum atomic E-state index is 11.2. The van der Waals surface area contributed by atoms with Gasteiger partial charge in [-0.15, -0.1) is 0 Å². The summed E-state index contributed by atoms with van der Waals surface area (Å²) in [6, 6.07) is 15.3. The zero-order valence-electron chi connectivity index (χ0n) is 14.1. The standard InChI is InChI=1S/C22H22O3/c23-20-18(10-7-11-19(20)21(24)25)12-15-22(13-5-2-6-14-22)16-17-8-3-1-4-9-17/h1-11,13,23H,12,14-16H2,(H,24,25). The third-order valence-electron chi connectivity index (χ3n) is 4.86. The lowest BCUT2D eigenvalue weighted by Crippen LogP contribution is -2.23. The van der Waals surface area contributed by atoms with Crippen molar-refractivity contribution in [1.29, 1.82) is 0 Å². The van der Waals surface area contributed by atoms with Crippen molar-refractivity contribution in [3.8, 4) is 5.75 Å². The van der Waals surface area contributed by atoms with E-state index in [-0.39, 0.29) is 16.7 Å². The predicted molar refractivity (Wildman–Crippen MR) is 98.9 cm³/mol. The number of phenols is 1. The summed E-state index contributed by atoms with van der Waals surface area (Å²) in [5, 5.41) is 19.4. The Hall–Kier alpha value is -2.81. The highest BCUT2D eigenvalue weighted by molar-refractivity contribution is 5.91. The molecule has 2 N–H and O–H groups in total. The molecule has 128 valence electrons. The van der Waals surface area contributed by atoms with Gasteiger partial charge in [-0.2, -0.15) is 0 Å². The van der Waals surface area contributed by atoms with E-state index in [1.807, 2.05) is 18.2 Å². The van der Waals surface area contributed by atoms with Crippen LogP contribution in [0.25, 0.3) is 0 Å². The Bertz CT molecular complexity index is 805. The third kappa shape index (κ3) is 4.00. The van der Waals surface area contributed by atoms with Gasteiger partial charge in [-0.3, -0.25) is 0 Å². The van der Waals surface area contributed by atoms with Crippen LogP contribution in [0.2, 0.25) is 0 Å². The lowest BCUT2D eigenvalue weighted by atomic mass is 9.72. The average molecular weight is 334 g/mol. The highest BCUT2D eigenvalue weighted by Crippen LogP contribution is 2.38. The van der Waals surface area contributed by atoms with E-state index in [1.54, 1.807) is 12.1 Å². The van der Waals surface area contributed by atoms with Crippen molar-refractivity contribution in [3.63, 3.8) is 0 Å². The molecular weight excluding hydrogens is 312 g/mol. The first kappa shape index (κ1) is 17.0. The van der Waals surface area contributed by atoms with Crippen LogP contribution in [0, 0.1) is 5.41 Å². The minimum atomic E-state index is -1.10. The van der Waals surface area contributed by atoms with Gasteiger partial charge in [0.2, 0.25) is 0 Å². The molecule has 3 heteroatoms. The number of carboxylic acid groups (broad SMARTS) is 1. The first-order valence-electron chi connectivity index (χ1n) is 8.52. The van der Waals surface area contributed by atoms with Gasteiger partial charge < -0.3 is 10.2 Å². The number of aryl methyl sites for hydroxylation is 1. The molecule has 1 unspecified atom stereocenters. The predicted octanol–water partition coefficient (Wildman–Crippen LogP) is 4.77. The number of carbonyl (C=O) groups is 1. The number of hydrogen-bond donors (Lipinski definition) is 2. The molecule has 0 saturated carbocycles. The summed E-state index contributed by atoms with van der Waals surface area (Å²) in [4.78, 5) is 11.2. The first-order chi connectivity index (χ1) is 12.1. The second kappa shape index (κ2) is 7.39. The lowest BCUT2D eigenvalue weighted by Gasteiger charge is -2.32. The summed E-state index contributed by atoms with van der Waals surface area (Å²) >= 11 is 0. The fourth-order valence-corrected chi connectivity index (χ4v) is 3.47. The van der Waals surface area contributed by atoms with Gasteiger partial charge in [0.05, 0.1) is 0 Å². The lowest BCUT2D eigenvalue weighted by molar-refractivity contribution is 0.0693. The second-order valence-corrected chi connectivity index (χ2v) is 6.63. The normalized spacial score (nSPS) is 19.0. The zero-order valence-corrected chi connectivity index (χ0v) is 14.1. The van der Waals surface area contributed by atoms with Crippen LogP contribution in [0.5, 0.6) is 5.75 Å². The van der Waals surface area contributed by atoms with E-state index in [0.717, 1.165) is 19.3 Å². The summed E-state index contributed by atoms with van der Waals surface area (Å²) in [6.07, 6.45) is 11.9. The van der Waals surface area contributed by atoms with Crippen LogP contribution in [-0.2, 0) is 12.8 Å². The van der Waals surface area contributed by atoms with Crippen LogP contribution in [0.4, 0.5) is 0 Å². The van der Waals surface area contributed by atoms with E-state index in [9.17, 15) is 15.0 Å². The van der Waals surface area contributed by atoms with Gasteiger partial charge >= 0.3 is 5.97 Å². The van der Waals surface area contributed by atoms with Crippen molar-refractivity contribution in [2.24, 2.45) is 5.41 Å².